The highest BCUT2D eigenvalue weighted by Crippen LogP contribution is 2.13. The summed E-state index contributed by atoms with van der Waals surface area (Å²) in [5.74, 6) is 0. The Morgan fingerprint density at radius 1 is 1.32 bits per heavy atom. The number of carbonyl (C=O) groups excluding carboxylic acids is 1. The Bertz CT molecular complexity index is 434. The number of hydrogen-bond acceptors (Lipinski definition) is 3. The minimum Gasteiger partial charge on any atom is -0.389 e. The van der Waals surface area contributed by atoms with E-state index in [4.69, 9.17) is 4.74 Å². The van der Waals surface area contributed by atoms with Crippen LogP contribution in [0, 0.1) is 0 Å². The molecule has 0 aliphatic heterocycles. The molecule has 124 valence electrons. The largest absolute Gasteiger partial charge is 0.389 e. The third kappa shape index (κ3) is 6.91. The Morgan fingerprint density at radius 2 is 2.00 bits per heavy atom. The van der Waals surface area contributed by atoms with Crippen LogP contribution in [0.25, 0.3) is 0 Å². The molecule has 22 heavy (non-hydrogen) atoms. The van der Waals surface area contributed by atoms with Crippen LogP contribution in [-0.2, 0) is 11.2 Å². The number of methoxy groups -OCH3 is 1. The molecule has 1 aromatic rings. The minimum absolute atomic E-state index is 0.212. The third-order valence-electron chi connectivity index (χ3n) is 3.46. The molecule has 0 spiro atoms. The Hall–Kier alpha value is -1.59. The van der Waals surface area contributed by atoms with Gasteiger partial charge < -0.3 is 20.1 Å². The Balaban J connectivity index is 2.43. The van der Waals surface area contributed by atoms with E-state index in [1.54, 1.807) is 7.05 Å². The molecule has 0 heterocycles. The molecule has 0 aliphatic carbocycles. The van der Waals surface area contributed by atoms with E-state index in [0.717, 1.165) is 12.1 Å². The van der Waals surface area contributed by atoms with Crippen molar-refractivity contribution in [1.82, 2.24) is 4.90 Å². The van der Waals surface area contributed by atoms with Gasteiger partial charge in [0, 0.05) is 19.8 Å². The summed E-state index contributed by atoms with van der Waals surface area (Å²) in [6, 6.07) is 7.68. The van der Waals surface area contributed by atoms with Crippen molar-refractivity contribution < 1.29 is 14.6 Å². The van der Waals surface area contributed by atoms with Crippen LogP contribution in [0.3, 0.4) is 0 Å². The fourth-order valence-electron chi connectivity index (χ4n) is 2.20. The molecule has 0 radical (unpaired) electrons. The number of anilines is 1. The standard InChI is InChI=1S/C17H28N2O3/c1-4-5-6-7-14-8-10-15(11-9-14)18-17(21)19(2)12-16(20)13-22-3/h8-11,16,20H,4-7,12-13H2,1-3H3,(H,18,21). The summed E-state index contributed by atoms with van der Waals surface area (Å²) in [7, 11) is 3.17. The monoisotopic (exact) mass is 308 g/mol. The van der Waals surface area contributed by atoms with Crippen molar-refractivity contribution in [3.8, 4) is 0 Å². The second-order valence-corrected chi connectivity index (χ2v) is 5.57. The van der Waals surface area contributed by atoms with Crippen molar-refractivity contribution in [2.75, 3.05) is 32.6 Å². The number of aliphatic hydroxyl groups excluding tert-OH is 1. The summed E-state index contributed by atoms with van der Waals surface area (Å²) in [6.45, 7) is 2.64. The first-order chi connectivity index (χ1) is 10.6. The van der Waals surface area contributed by atoms with Gasteiger partial charge in [-0.3, -0.25) is 0 Å². The molecule has 0 saturated carbocycles. The smallest absolute Gasteiger partial charge is 0.321 e. The number of rotatable bonds is 9. The molecule has 1 rings (SSSR count). The first kappa shape index (κ1) is 18.5. The molecule has 1 unspecified atom stereocenters. The SMILES string of the molecule is CCCCCc1ccc(NC(=O)N(C)CC(O)COC)cc1. The average molecular weight is 308 g/mol. The molecule has 2 amide bonds. The maximum absolute atomic E-state index is 12.0. The first-order valence-electron chi connectivity index (χ1n) is 7.84. The van der Waals surface area contributed by atoms with E-state index < -0.39 is 6.10 Å². The van der Waals surface area contributed by atoms with Gasteiger partial charge in [0.2, 0.25) is 0 Å². The second kappa shape index (κ2) is 10.2. The van der Waals surface area contributed by atoms with Gasteiger partial charge >= 0.3 is 6.03 Å². The maximum atomic E-state index is 12.0. The van der Waals surface area contributed by atoms with Gasteiger partial charge in [0.05, 0.1) is 19.3 Å². The molecular formula is C17H28N2O3. The molecule has 0 fully saturated rings. The number of nitrogens with one attached hydrogen (secondary N) is 1. The summed E-state index contributed by atoms with van der Waals surface area (Å²) in [4.78, 5) is 13.5. The third-order valence-corrected chi connectivity index (χ3v) is 3.46. The van der Waals surface area contributed by atoms with Gasteiger partial charge in [-0.15, -0.1) is 0 Å². The van der Waals surface area contributed by atoms with Gasteiger partial charge in [0.25, 0.3) is 0 Å². The highest BCUT2D eigenvalue weighted by Gasteiger charge is 2.13. The van der Waals surface area contributed by atoms with Gasteiger partial charge in [-0.05, 0) is 30.5 Å². The number of aliphatic hydroxyl groups is 1. The molecular weight excluding hydrogens is 280 g/mol. The fraction of sp³-hybridized carbons (Fsp3) is 0.588. The Morgan fingerprint density at radius 3 is 2.59 bits per heavy atom. The van der Waals surface area contributed by atoms with Gasteiger partial charge in [-0.2, -0.15) is 0 Å². The lowest BCUT2D eigenvalue weighted by Gasteiger charge is -2.21. The zero-order valence-electron chi connectivity index (χ0n) is 13.8. The molecule has 0 aromatic heterocycles. The molecule has 0 aliphatic rings. The van der Waals surface area contributed by atoms with Crippen LogP contribution in [0.15, 0.2) is 24.3 Å². The minimum atomic E-state index is -0.679. The highest BCUT2D eigenvalue weighted by atomic mass is 16.5. The lowest BCUT2D eigenvalue weighted by atomic mass is 10.1. The van der Waals surface area contributed by atoms with E-state index in [2.05, 4.69) is 12.2 Å². The molecule has 0 saturated heterocycles. The van der Waals surface area contributed by atoms with Gasteiger partial charge in [0.1, 0.15) is 0 Å². The summed E-state index contributed by atoms with van der Waals surface area (Å²) in [6.07, 6.45) is 4.05. The van der Waals surface area contributed by atoms with Crippen molar-refractivity contribution in [2.45, 2.75) is 38.7 Å². The molecule has 1 aromatic carbocycles. The summed E-state index contributed by atoms with van der Waals surface area (Å²) in [5, 5.41) is 12.4. The number of unbranched alkanes of at least 4 members (excludes halogenated alkanes) is 2. The van der Waals surface area contributed by atoms with Crippen LogP contribution >= 0.6 is 0 Å². The Kier molecular flexibility index (Phi) is 8.55. The molecule has 2 N–H and O–H groups in total. The molecule has 1 atom stereocenters. The number of amides is 2. The second-order valence-electron chi connectivity index (χ2n) is 5.57. The van der Waals surface area contributed by atoms with Crippen molar-refractivity contribution in [1.29, 1.82) is 0 Å². The van der Waals surface area contributed by atoms with Crippen LogP contribution < -0.4 is 5.32 Å². The highest BCUT2D eigenvalue weighted by molar-refractivity contribution is 5.89. The number of carbonyl (C=O) groups is 1. The number of hydrogen-bond donors (Lipinski definition) is 2. The normalized spacial score (nSPS) is 12.0. The van der Waals surface area contributed by atoms with E-state index >= 15 is 0 Å². The predicted molar refractivity (Wildman–Crippen MR) is 89.2 cm³/mol. The summed E-state index contributed by atoms with van der Waals surface area (Å²) >= 11 is 0. The number of ether oxygens (including phenoxy) is 1. The van der Waals surface area contributed by atoms with E-state index in [-0.39, 0.29) is 19.2 Å². The predicted octanol–water partition coefficient (Wildman–Crippen LogP) is 2.89. The van der Waals surface area contributed by atoms with Gasteiger partial charge in [0.15, 0.2) is 0 Å². The van der Waals surface area contributed by atoms with Crippen LogP contribution in [0.4, 0.5) is 10.5 Å². The lowest BCUT2D eigenvalue weighted by Crippen LogP contribution is -2.38. The van der Waals surface area contributed by atoms with Gasteiger partial charge in [-0.25, -0.2) is 4.79 Å². The zero-order valence-corrected chi connectivity index (χ0v) is 13.8. The van der Waals surface area contributed by atoms with Crippen molar-refractivity contribution in [2.24, 2.45) is 0 Å². The van der Waals surface area contributed by atoms with Crippen molar-refractivity contribution >= 4 is 11.7 Å². The number of nitrogens with zero attached hydrogens (tertiary/aromatic N) is 1. The van der Waals surface area contributed by atoms with E-state index in [0.29, 0.717) is 0 Å². The molecule has 5 heteroatoms. The van der Waals surface area contributed by atoms with Crippen molar-refractivity contribution in [3.63, 3.8) is 0 Å². The first-order valence-corrected chi connectivity index (χ1v) is 7.84. The van der Waals surface area contributed by atoms with Gasteiger partial charge in [-0.1, -0.05) is 31.9 Å². The lowest BCUT2D eigenvalue weighted by molar-refractivity contribution is 0.0501. The number of urea groups is 1. The maximum Gasteiger partial charge on any atom is 0.321 e. The van der Waals surface area contributed by atoms with E-state index in [9.17, 15) is 9.90 Å². The topological polar surface area (TPSA) is 61.8 Å². The van der Waals surface area contributed by atoms with E-state index in [1.807, 2.05) is 24.3 Å². The van der Waals surface area contributed by atoms with Crippen LogP contribution in [-0.4, -0.2) is 49.5 Å². The van der Waals surface area contributed by atoms with Crippen LogP contribution in [0.1, 0.15) is 31.7 Å². The van der Waals surface area contributed by atoms with Crippen LogP contribution in [0.2, 0.25) is 0 Å². The summed E-state index contributed by atoms with van der Waals surface area (Å²) < 4.78 is 4.85. The Labute approximate surface area is 133 Å². The number of aryl methyl sites for hydroxylation is 1. The van der Waals surface area contributed by atoms with E-state index in [1.165, 1.54) is 36.8 Å². The average Bonchev–Trinajstić information content (AvgIpc) is 2.49. The van der Waals surface area contributed by atoms with Crippen molar-refractivity contribution in [3.05, 3.63) is 29.8 Å². The number of benzene rings is 1. The van der Waals surface area contributed by atoms with Crippen LogP contribution in [0.5, 0.6) is 0 Å². The molecule has 5 nitrogen and oxygen atoms in total. The zero-order chi connectivity index (χ0) is 16.4. The number of likely N-dealkylation sites (N-methyl/N-ethyl adjacent to an activating group) is 1. The fourth-order valence-corrected chi connectivity index (χ4v) is 2.20. The molecule has 0 bridgehead atoms. The quantitative estimate of drug-likeness (QED) is 0.690. The summed E-state index contributed by atoms with van der Waals surface area (Å²) in [5.41, 5.74) is 2.05.